The Hall–Kier alpha value is -2.74. The van der Waals surface area contributed by atoms with Gasteiger partial charge in [0.05, 0.1) is 18.8 Å². The number of anilines is 1. The van der Waals surface area contributed by atoms with Crippen LogP contribution in [-0.2, 0) is 16.1 Å². The molecule has 1 N–H and O–H groups in total. The van der Waals surface area contributed by atoms with E-state index < -0.39 is 6.03 Å². The average molecular weight is 468 g/mol. The molecule has 1 aromatic heterocycles. The minimum atomic E-state index is -0.403. The molecule has 5 rings (SSSR count). The van der Waals surface area contributed by atoms with E-state index in [1.165, 1.54) is 11.2 Å². The lowest BCUT2D eigenvalue weighted by Gasteiger charge is -2.43. The highest BCUT2D eigenvalue weighted by molar-refractivity contribution is 8.01. The molecule has 4 amide bonds. The maximum atomic E-state index is 13.6. The molecule has 2 aromatic rings. The number of aryl methyl sites for hydroxylation is 2. The number of amides is 4. The molecule has 8 heteroatoms. The summed E-state index contributed by atoms with van der Waals surface area (Å²) in [4.78, 5) is 43.0. The molecule has 1 aliphatic carbocycles. The van der Waals surface area contributed by atoms with Crippen LogP contribution < -0.4 is 5.32 Å². The number of carbonyl (C=O) groups excluding carboxylic acids is 3. The summed E-state index contributed by atoms with van der Waals surface area (Å²) in [5.41, 5.74) is 2.84. The predicted molar refractivity (Wildman–Crippen MR) is 127 cm³/mol. The van der Waals surface area contributed by atoms with Crippen molar-refractivity contribution in [2.75, 3.05) is 11.9 Å². The normalized spacial score (nSPS) is 26.8. The first-order valence-electron chi connectivity index (χ1n) is 11.6. The smallest absolute Gasteiger partial charge is 0.327 e. The van der Waals surface area contributed by atoms with Gasteiger partial charge < -0.3 is 14.6 Å². The molecule has 0 bridgehead atoms. The van der Waals surface area contributed by atoms with Crippen LogP contribution in [0, 0.1) is 19.8 Å². The summed E-state index contributed by atoms with van der Waals surface area (Å²) in [6.45, 7) is 3.97. The highest BCUT2D eigenvalue weighted by Crippen LogP contribution is 2.50. The minimum Gasteiger partial charge on any atom is -0.467 e. The molecule has 2 saturated heterocycles. The lowest BCUT2D eigenvalue weighted by atomic mass is 9.81. The molecule has 0 radical (unpaired) electrons. The van der Waals surface area contributed by atoms with Crippen LogP contribution >= 0.6 is 11.8 Å². The number of carbonyl (C=O) groups is 3. The highest BCUT2D eigenvalue weighted by Gasteiger charge is 2.57. The van der Waals surface area contributed by atoms with Crippen LogP contribution in [-0.4, -0.2) is 50.7 Å². The zero-order chi connectivity index (χ0) is 23.1. The number of imide groups is 1. The number of urea groups is 1. The standard InChI is InChI=1S/C25H29N3O4S/c1-15-9-10-19(16(2)12-15)26-21(29)14-27-22-18-7-3-4-8-20(18)33-23(22)24(30)28(25(27)31)13-17-6-5-11-32-17/h5-6,9-12,18,20,22-23H,3-4,7-8,13-14H2,1-2H3,(H,26,29). The van der Waals surface area contributed by atoms with Gasteiger partial charge in [-0.15, -0.1) is 11.8 Å². The number of nitrogens with zero attached hydrogens (tertiary/aromatic N) is 2. The molecular formula is C25H29N3O4S. The van der Waals surface area contributed by atoms with Gasteiger partial charge in [-0.3, -0.25) is 14.5 Å². The summed E-state index contributed by atoms with van der Waals surface area (Å²) >= 11 is 1.70. The Morgan fingerprint density at radius 2 is 2.00 bits per heavy atom. The van der Waals surface area contributed by atoms with Gasteiger partial charge in [-0.05, 0) is 56.4 Å². The van der Waals surface area contributed by atoms with Crippen LogP contribution in [0.3, 0.4) is 0 Å². The van der Waals surface area contributed by atoms with Gasteiger partial charge in [0.1, 0.15) is 17.6 Å². The number of hydrogen-bond acceptors (Lipinski definition) is 5. The van der Waals surface area contributed by atoms with E-state index >= 15 is 0 Å². The van der Waals surface area contributed by atoms with Crippen molar-refractivity contribution in [1.82, 2.24) is 9.80 Å². The Kier molecular flexibility index (Phi) is 5.95. The SMILES string of the molecule is Cc1ccc(NC(=O)CN2C(=O)N(Cc3ccco3)C(=O)C3SC4CCCCC4C32)c(C)c1. The van der Waals surface area contributed by atoms with Crippen molar-refractivity contribution in [3.05, 3.63) is 53.5 Å². The Labute approximate surface area is 197 Å². The van der Waals surface area contributed by atoms with Crippen LogP contribution in [0.15, 0.2) is 41.0 Å². The first-order chi connectivity index (χ1) is 15.9. The van der Waals surface area contributed by atoms with Crippen LogP contribution in [0.25, 0.3) is 0 Å². The monoisotopic (exact) mass is 467 g/mol. The molecule has 0 spiro atoms. The zero-order valence-electron chi connectivity index (χ0n) is 19.0. The van der Waals surface area contributed by atoms with Crippen molar-refractivity contribution in [3.63, 3.8) is 0 Å². The Morgan fingerprint density at radius 1 is 1.18 bits per heavy atom. The summed E-state index contributed by atoms with van der Waals surface area (Å²) in [5.74, 6) is 0.397. The van der Waals surface area contributed by atoms with Crippen LogP contribution in [0.5, 0.6) is 0 Å². The van der Waals surface area contributed by atoms with Gasteiger partial charge in [0, 0.05) is 10.9 Å². The predicted octanol–water partition coefficient (Wildman–Crippen LogP) is 4.34. The molecular weight excluding hydrogens is 438 g/mol. The average Bonchev–Trinajstić information content (AvgIpc) is 3.44. The molecule has 4 atom stereocenters. The number of nitrogens with one attached hydrogen (secondary N) is 1. The molecule has 3 fully saturated rings. The number of rotatable bonds is 5. The van der Waals surface area contributed by atoms with Gasteiger partial charge >= 0.3 is 6.03 Å². The number of hydrogen-bond donors (Lipinski definition) is 1. The van der Waals surface area contributed by atoms with Crippen molar-refractivity contribution in [1.29, 1.82) is 0 Å². The van der Waals surface area contributed by atoms with E-state index in [9.17, 15) is 14.4 Å². The lowest BCUT2D eigenvalue weighted by Crippen LogP contribution is -2.64. The fourth-order valence-electron chi connectivity index (χ4n) is 5.48. The van der Waals surface area contributed by atoms with E-state index in [4.69, 9.17) is 4.42 Å². The fraction of sp³-hybridized carbons (Fsp3) is 0.480. The third-order valence-electron chi connectivity index (χ3n) is 7.03. The molecule has 1 saturated carbocycles. The van der Waals surface area contributed by atoms with Crippen molar-refractivity contribution >= 4 is 35.3 Å². The van der Waals surface area contributed by atoms with Crippen molar-refractivity contribution in [3.8, 4) is 0 Å². The molecule has 3 heterocycles. The van der Waals surface area contributed by atoms with Crippen LogP contribution in [0.2, 0.25) is 0 Å². The quantitative estimate of drug-likeness (QED) is 0.707. The molecule has 33 heavy (non-hydrogen) atoms. The number of fused-ring (bicyclic) bond motifs is 3. The number of thioether (sulfide) groups is 1. The number of benzene rings is 1. The molecule has 3 aliphatic rings. The van der Waals surface area contributed by atoms with Gasteiger partial charge in [0.25, 0.3) is 0 Å². The second-order valence-corrected chi connectivity index (χ2v) is 10.7. The fourth-order valence-corrected chi connectivity index (χ4v) is 7.41. The van der Waals surface area contributed by atoms with Gasteiger partial charge in [-0.2, -0.15) is 0 Å². The topological polar surface area (TPSA) is 82.9 Å². The lowest BCUT2D eigenvalue weighted by molar-refractivity contribution is -0.134. The van der Waals surface area contributed by atoms with Crippen LogP contribution in [0.4, 0.5) is 10.5 Å². The van der Waals surface area contributed by atoms with Gasteiger partial charge in [0.15, 0.2) is 0 Å². The Balaban J connectivity index is 1.41. The summed E-state index contributed by atoms with van der Waals surface area (Å²) in [7, 11) is 0. The molecule has 7 nitrogen and oxygen atoms in total. The number of furan rings is 1. The van der Waals surface area contributed by atoms with Crippen molar-refractivity contribution in [2.24, 2.45) is 5.92 Å². The summed E-state index contributed by atoms with van der Waals surface area (Å²) in [6, 6.07) is 8.71. The first-order valence-corrected chi connectivity index (χ1v) is 12.5. The van der Waals surface area contributed by atoms with E-state index in [2.05, 4.69) is 5.32 Å². The molecule has 1 aromatic carbocycles. The van der Waals surface area contributed by atoms with E-state index in [-0.39, 0.29) is 42.1 Å². The van der Waals surface area contributed by atoms with Crippen molar-refractivity contribution in [2.45, 2.75) is 62.6 Å². The second-order valence-electron chi connectivity index (χ2n) is 9.31. The second kappa shape index (κ2) is 8.89. The third kappa shape index (κ3) is 4.16. The van der Waals surface area contributed by atoms with Gasteiger partial charge in [0.2, 0.25) is 11.8 Å². The highest BCUT2D eigenvalue weighted by atomic mass is 32.2. The summed E-state index contributed by atoms with van der Waals surface area (Å²) in [6.07, 6.45) is 5.84. The van der Waals surface area contributed by atoms with Gasteiger partial charge in [-0.25, -0.2) is 4.79 Å². The van der Waals surface area contributed by atoms with E-state index in [1.807, 2.05) is 32.0 Å². The van der Waals surface area contributed by atoms with Crippen LogP contribution in [0.1, 0.15) is 42.6 Å². The first kappa shape index (κ1) is 22.1. The maximum Gasteiger partial charge on any atom is 0.327 e. The zero-order valence-corrected chi connectivity index (χ0v) is 19.8. The molecule has 174 valence electrons. The van der Waals surface area contributed by atoms with Crippen molar-refractivity contribution < 1.29 is 18.8 Å². The minimum absolute atomic E-state index is 0.0704. The Bertz CT molecular complexity index is 1070. The summed E-state index contributed by atoms with van der Waals surface area (Å²) < 4.78 is 5.41. The van der Waals surface area contributed by atoms with E-state index in [0.29, 0.717) is 11.0 Å². The van der Waals surface area contributed by atoms with Gasteiger partial charge in [-0.1, -0.05) is 30.5 Å². The molecule has 2 aliphatic heterocycles. The largest absolute Gasteiger partial charge is 0.467 e. The third-order valence-corrected chi connectivity index (χ3v) is 8.74. The molecule has 4 unspecified atom stereocenters. The summed E-state index contributed by atoms with van der Waals surface area (Å²) in [5, 5.41) is 2.99. The van der Waals surface area contributed by atoms with E-state index in [1.54, 1.807) is 28.8 Å². The van der Waals surface area contributed by atoms with E-state index in [0.717, 1.165) is 42.5 Å². The Morgan fingerprint density at radius 3 is 2.76 bits per heavy atom. The maximum absolute atomic E-state index is 13.6.